The maximum absolute atomic E-state index is 14.3. The van der Waals surface area contributed by atoms with Crippen LogP contribution in [0.2, 0.25) is 0 Å². The number of nitrogens with zero attached hydrogens (tertiary/aromatic N) is 3. The predicted molar refractivity (Wildman–Crippen MR) is 124 cm³/mol. The van der Waals surface area contributed by atoms with E-state index in [4.69, 9.17) is 11.5 Å². The minimum absolute atomic E-state index is 0.0186. The normalized spacial score (nSPS) is 13.5. The van der Waals surface area contributed by atoms with Crippen LogP contribution < -0.4 is 22.1 Å². The van der Waals surface area contributed by atoms with Crippen LogP contribution in [0.5, 0.6) is 0 Å². The Morgan fingerprint density at radius 3 is 2.43 bits per heavy atom. The zero-order valence-electron chi connectivity index (χ0n) is 18.6. The van der Waals surface area contributed by atoms with E-state index in [-0.39, 0.29) is 40.9 Å². The topological polar surface area (TPSA) is 158 Å². The van der Waals surface area contributed by atoms with Gasteiger partial charge in [-0.2, -0.15) is 9.49 Å². The molecular formula is C23H23F2N7O3. The Labute approximate surface area is 198 Å². The number of amides is 3. The van der Waals surface area contributed by atoms with Crippen molar-refractivity contribution in [3.8, 4) is 0 Å². The van der Waals surface area contributed by atoms with E-state index in [2.05, 4.69) is 20.7 Å². The van der Waals surface area contributed by atoms with E-state index in [1.807, 2.05) is 0 Å². The number of carbonyl (C=O) groups is 3. The summed E-state index contributed by atoms with van der Waals surface area (Å²) in [6, 6.07) is 6.51. The van der Waals surface area contributed by atoms with Crippen LogP contribution in [0.4, 0.5) is 26.0 Å². The first-order chi connectivity index (χ1) is 16.7. The van der Waals surface area contributed by atoms with Gasteiger partial charge in [0, 0.05) is 0 Å². The molecule has 0 bridgehead atoms. The Balaban J connectivity index is 1.52. The summed E-state index contributed by atoms with van der Waals surface area (Å²) in [7, 11) is 0. The number of anilines is 3. The molecule has 12 heteroatoms. The fraction of sp³-hybridized carbons (Fsp3) is 0.261. The summed E-state index contributed by atoms with van der Waals surface area (Å²) in [5, 5.41) is 9.05. The van der Waals surface area contributed by atoms with Crippen LogP contribution in [-0.2, 0) is 11.2 Å². The van der Waals surface area contributed by atoms with Gasteiger partial charge < -0.3 is 22.1 Å². The molecule has 1 saturated carbocycles. The molecule has 0 atom stereocenters. The summed E-state index contributed by atoms with van der Waals surface area (Å²) in [4.78, 5) is 40.8. The van der Waals surface area contributed by atoms with Crippen molar-refractivity contribution in [2.75, 3.05) is 16.4 Å². The molecule has 182 valence electrons. The van der Waals surface area contributed by atoms with Crippen LogP contribution in [0.3, 0.4) is 0 Å². The monoisotopic (exact) mass is 483 g/mol. The Bertz CT molecular complexity index is 1290. The molecule has 1 aliphatic carbocycles. The Morgan fingerprint density at radius 1 is 1.09 bits per heavy atom. The molecule has 3 amide bonds. The minimum Gasteiger partial charge on any atom is -0.383 e. The van der Waals surface area contributed by atoms with Gasteiger partial charge in [-0.05, 0) is 36.6 Å². The molecule has 0 spiro atoms. The van der Waals surface area contributed by atoms with E-state index in [1.165, 1.54) is 35.0 Å². The number of aromatic nitrogens is 3. The quantitative estimate of drug-likeness (QED) is 0.378. The molecule has 0 unspecified atom stereocenters. The Hall–Kier alpha value is -4.35. The number of pyridine rings is 1. The number of primary amides is 1. The molecule has 1 aromatic carbocycles. The van der Waals surface area contributed by atoms with Gasteiger partial charge >= 0.3 is 0 Å². The summed E-state index contributed by atoms with van der Waals surface area (Å²) >= 11 is 0. The van der Waals surface area contributed by atoms with Crippen molar-refractivity contribution < 1.29 is 23.2 Å². The largest absolute Gasteiger partial charge is 0.383 e. The highest BCUT2D eigenvalue weighted by molar-refractivity contribution is 6.12. The molecule has 35 heavy (non-hydrogen) atoms. The van der Waals surface area contributed by atoms with E-state index < -0.39 is 29.5 Å². The number of nitrogen functional groups attached to an aromatic ring is 1. The first-order valence-corrected chi connectivity index (χ1v) is 10.9. The van der Waals surface area contributed by atoms with Crippen molar-refractivity contribution in [3.63, 3.8) is 0 Å². The highest BCUT2D eigenvalue weighted by Crippen LogP contribution is 2.33. The third-order valence-corrected chi connectivity index (χ3v) is 5.73. The van der Waals surface area contributed by atoms with E-state index in [1.54, 1.807) is 0 Å². The second-order valence-electron chi connectivity index (χ2n) is 8.22. The van der Waals surface area contributed by atoms with E-state index in [0.29, 0.717) is 5.56 Å². The summed E-state index contributed by atoms with van der Waals surface area (Å²) in [5.74, 6) is -3.75. The van der Waals surface area contributed by atoms with Crippen molar-refractivity contribution in [2.45, 2.75) is 38.1 Å². The van der Waals surface area contributed by atoms with Gasteiger partial charge in [-0.15, -0.1) is 0 Å². The van der Waals surface area contributed by atoms with Crippen LogP contribution in [0, 0.1) is 11.8 Å². The third-order valence-electron chi connectivity index (χ3n) is 5.73. The number of rotatable bonds is 7. The van der Waals surface area contributed by atoms with Crippen LogP contribution in [0.15, 0.2) is 36.5 Å². The lowest BCUT2D eigenvalue weighted by atomic mass is 10.1. The minimum atomic E-state index is -1.02. The second kappa shape index (κ2) is 9.87. The maximum atomic E-state index is 14.3. The van der Waals surface area contributed by atoms with Crippen molar-refractivity contribution in [1.29, 1.82) is 0 Å². The van der Waals surface area contributed by atoms with Gasteiger partial charge in [-0.3, -0.25) is 14.4 Å². The van der Waals surface area contributed by atoms with Gasteiger partial charge in [0.15, 0.2) is 5.69 Å². The highest BCUT2D eigenvalue weighted by Gasteiger charge is 2.30. The van der Waals surface area contributed by atoms with Crippen molar-refractivity contribution >= 4 is 34.9 Å². The van der Waals surface area contributed by atoms with Crippen LogP contribution in [0.1, 0.15) is 58.1 Å². The average Bonchev–Trinajstić information content (AvgIpc) is 3.45. The van der Waals surface area contributed by atoms with E-state index in [0.717, 1.165) is 31.9 Å². The lowest BCUT2D eigenvalue weighted by Gasteiger charge is -2.11. The Morgan fingerprint density at radius 2 is 1.77 bits per heavy atom. The van der Waals surface area contributed by atoms with Gasteiger partial charge in [-0.1, -0.05) is 25.0 Å². The molecule has 10 nitrogen and oxygen atoms in total. The van der Waals surface area contributed by atoms with Crippen LogP contribution in [-0.4, -0.2) is 32.5 Å². The first kappa shape index (κ1) is 23.8. The molecule has 6 N–H and O–H groups in total. The van der Waals surface area contributed by atoms with Crippen LogP contribution >= 0.6 is 0 Å². The maximum Gasteiger partial charge on any atom is 0.277 e. The number of hydrogen-bond donors (Lipinski definition) is 4. The second-order valence-corrected chi connectivity index (χ2v) is 8.22. The fourth-order valence-electron chi connectivity index (χ4n) is 4.05. The van der Waals surface area contributed by atoms with Gasteiger partial charge in [0.2, 0.25) is 11.9 Å². The molecule has 4 rings (SSSR count). The summed E-state index contributed by atoms with van der Waals surface area (Å²) in [6.07, 6.45) is 4.54. The van der Waals surface area contributed by atoms with Crippen LogP contribution in [0.25, 0.3) is 0 Å². The fourth-order valence-corrected chi connectivity index (χ4v) is 4.05. The summed E-state index contributed by atoms with van der Waals surface area (Å²) in [6.45, 7) is 0. The number of hydrogen-bond acceptors (Lipinski definition) is 6. The number of benzene rings is 1. The molecule has 0 saturated heterocycles. The zero-order chi connectivity index (χ0) is 25.1. The first-order valence-electron chi connectivity index (χ1n) is 10.9. The van der Waals surface area contributed by atoms with Crippen molar-refractivity contribution in [2.24, 2.45) is 5.73 Å². The molecule has 3 aromatic rings. The van der Waals surface area contributed by atoms with E-state index in [9.17, 15) is 23.2 Å². The van der Waals surface area contributed by atoms with Crippen molar-refractivity contribution in [1.82, 2.24) is 14.8 Å². The lowest BCUT2D eigenvalue weighted by molar-refractivity contribution is -0.115. The number of halogens is 2. The summed E-state index contributed by atoms with van der Waals surface area (Å²) < 4.78 is 28.8. The zero-order valence-corrected chi connectivity index (χ0v) is 18.6. The smallest absolute Gasteiger partial charge is 0.277 e. The standard InChI is InChI=1S/C23H23F2N7O3/c24-13-7-5-12(6-8-13)9-17(33)29-14-10-16(20(25)28-11-14)30-23(35)19-18(22(27)34)21(26)32(31-19)15-3-1-2-4-15/h5-8,10-11,15H,1-4,9,26H2,(H2,27,34)(H,29,33)(H,30,35). The molecule has 2 aromatic heterocycles. The third kappa shape index (κ3) is 5.26. The molecule has 1 aliphatic rings. The Kier molecular flexibility index (Phi) is 6.71. The predicted octanol–water partition coefficient (Wildman–Crippen LogP) is 2.79. The summed E-state index contributed by atoms with van der Waals surface area (Å²) in [5.41, 5.74) is 11.3. The van der Waals surface area contributed by atoms with Gasteiger partial charge in [0.05, 0.1) is 30.0 Å². The number of nitrogens with one attached hydrogen (secondary N) is 2. The SMILES string of the molecule is NC(=O)c1c(C(=O)Nc2cc(NC(=O)Cc3ccc(F)cc3)cnc2F)nn(C2CCCC2)c1N. The molecule has 1 fully saturated rings. The van der Waals surface area contributed by atoms with E-state index >= 15 is 0 Å². The van der Waals surface area contributed by atoms with Crippen molar-refractivity contribution in [3.05, 3.63) is 65.1 Å². The molecule has 0 aliphatic heterocycles. The number of nitrogens with two attached hydrogens (primary N) is 2. The number of carbonyl (C=O) groups excluding carboxylic acids is 3. The van der Waals surface area contributed by atoms with Gasteiger partial charge in [0.1, 0.15) is 17.2 Å². The highest BCUT2D eigenvalue weighted by atomic mass is 19.1. The average molecular weight is 483 g/mol. The van der Waals surface area contributed by atoms with Gasteiger partial charge in [-0.25, -0.2) is 14.1 Å². The van der Waals surface area contributed by atoms with Gasteiger partial charge in [0.25, 0.3) is 11.8 Å². The molecule has 2 heterocycles. The lowest BCUT2D eigenvalue weighted by Crippen LogP contribution is -2.21. The molecule has 0 radical (unpaired) electrons. The molecular weight excluding hydrogens is 460 g/mol.